The van der Waals surface area contributed by atoms with Gasteiger partial charge in [0.1, 0.15) is 5.60 Å². The van der Waals surface area contributed by atoms with E-state index in [9.17, 15) is 4.79 Å². The van der Waals surface area contributed by atoms with Gasteiger partial charge < -0.3 is 14.4 Å². The van der Waals surface area contributed by atoms with Gasteiger partial charge >= 0.3 is 6.09 Å². The van der Waals surface area contributed by atoms with E-state index in [1.54, 1.807) is 0 Å². The normalized spacial score (nSPS) is 25.5. The first-order chi connectivity index (χ1) is 10.9. The molecule has 1 aliphatic heterocycles. The van der Waals surface area contributed by atoms with Crippen LogP contribution in [0.3, 0.4) is 0 Å². The van der Waals surface area contributed by atoms with Crippen molar-refractivity contribution < 1.29 is 14.3 Å². The Kier molecular flexibility index (Phi) is 6.75. The molecule has 2 fully saturated rings. The number of carbonyl (C=O) groups is 1. The molecule has 0 aromatic heterocycles. The highest BCUT2D eigenvalue weighted by Crippen LogP contribution is 2.49. The van der Waals surface area contributed by atoms with Crippen LogP contribution in [0.15, 0.2) is 0 Å². The van der Waals surface area contributed by atoms with Gasteiger partial charge in [0.25, 0.3) is 0 Å². The first-order valence-corrected chi connectivity index (χ1v) is 9.46. The maximum absolute atomic E-state index is 12.1. The van der Waals surface area contributed by atoms with Crippen molar-refractivity contribution in [2.24, 2.45) is 17.8 Å². The number of piperidine rings is 1. The van der Waals surface area contributed by atoms with Crippen molar-refractivity contribution in [3.63, 3.8) is 0 Å². The Balaban J connectivity index is 1.60. The molecule has 1 aliphatic carbocycles. The van der Waals surface area contributed by atoms with Crippen molar-refractivity contribution >= 4 is 6.09 Å². The molecule has 0 aromatic carbocycles. The second kappa shape index (κ2) is 8.36. The minimum Gasteiger partial charge on any atom is -0.444 e. The largest absolute Gasteiger partial charge is 0.444 e. The molecule has 0 spiro atoms. The van der Waals surface area contributed by atoms with Crippen molar-refractivity contribution in [3.8, 4) is 0 Å². The maximum Gasteiger partial charge on any atom is 0.410 e. The molecule has 4 nitrogen and oxygen atoms in total. The molecular weight excluding hydrogens is 290 g/mol. The molecule has 1 unspecified atom stereocenters. The molecule has 2 aliphatic rings. The summed E-state index contributed by atoms with van der Waals surface area (Å²) < 4.78 is 11.2. The number of carbonyl (C=O) groups excluding carboxylic acids is 1. The number of ether oxygens (including phenoxy) is 2. The third kappa shape index (κ3) is 6.33. The van der Waals surface area contributed by atoms with E-state index in [0.29, 0.717) is 0 Å². The first-order valence-electron chi connectivity index (χ1n) is 9.46. The number of hydrogen-bond donors (Lipinski definition) is 0. The average molecular weight is 325 g/mol. The zero-order valence-corrected chi connectivity index (χ0v) is 15.5. The number of unbranched alkanes of at least 4 members (excludes halogenated alkanes) is 1. The standard InChI is InChI=1S/C19H35NO3/c1-5-6-12-22-13-9-16-14-17(16)15-7-10-20(11-8-15)18(21)23-19(2,3)4/h15-17H,5-14H2,1-4H3/t16-,17?/m0/s1. The van der Waals surface area contributed by atoms with Gasteiger partial charge in [-0.15, -0.1) is 0 Å². The summed E-state index contributed by atoms with van der Waals surface area (Å²) in [4.78, 5) is 14.0. The number of amides is 1. The summed E-state index contributed by atoms with van der Waals surface area (Å²) in [7, 11) is 0. The van der Waals surface area contributed by atoms with E-state index in [1.807, 2.05) is 25.7 Å². The van der Waals surface area contributed by atoms with Crippen molar-refractivity contribution in [2.45, 2.75) is 71.8 Å². The van der Waals surface area contributed by atoms with Gasteiger partial charge in [0.2, 0.25) is 0 Å². The second-order valence-corrected chi connectivity index (χ2v) is 8.22. The van der Waals surface area contributed by atoms with Crippen molar-refractivity contribution in [2.75, 3.05) is 26.3 Å². The number of rotatable bonds is 7. The lowest BCUT2D eigenvalue weighted by Gasteiger charge is -2.33. The number of likely N-dealkylation sites (tertiary alicyclic amines) is 1. The quantitative estimate of drug-likeness (QED) is 0.648. The molecule has 134 valence electrons. The summed E-state index contributed by atoms with van der Waals surface area (Å²) in [5.41, 5.74) is -0.396. The molecule has 2 rings (SSSR count). The van der Waals surface area contributed by atoms with E-state index in [-0.39, 0.29) is 6.09 Å². The van der Waals surface area contributed by atoms with Gasteiger partial charge in [0.15, 0.2) is 0 Å². The first kappa shape index (κ1) is 18.6. The Hall–Kier alpha value is -0.770. The van der Waals surface area contributed by atoms with Crippen LogP contribution in [-0.2, 0) is 9.47 Å². The summed E-state index contributed by atoms with van der Waals surface area (Å²) in [6.45, 7) is 11.5. The fourth-order valence-corrected chi connectivity index (χ4v) is 3.60. The van der Waals surface area contributed by atoms with Gasteiger partial charge in [-0.05, 0) is 70.6 Å². The lowest BCUT2D eigenvalue weighted by Crippen LogP contribution is -2.42. The van der Waals surface area contributed by atoms with E-state index in [2.05, 4.69) is 6.92 Å². The van der Waals surface area contributed by atoms with Gasteiger partial charge in [-0.25, -0.2) is 4.79 Å². The molecule has 0 radical (unpaired) electrons. The zero-order valence-electron chi connectivity index (χ0n) is 15.5. The SMILES string of the molecule is CCCCOCC[C@H]1CC1C1CCN(C(=O)OC(C)(C)C)CC1. The Morgan fingerprint density at radius 1 is 1.17 bits per heavy atom. The van der Waals surface area contributed by atoms with Crippen LogP contribution in [0.2, 0.25) is 0 Å². The summed E-state index contributed by atoms with van der Waals surface area (Å²) in [5, 5.41) is 0. The third-order valence-corrected chi connectivity index (χ3v) is 5.05. The van der Waals surface area contributed by atoms with Crippen molar-refractivity contribution in [1.82, 2.24) is 4.90 Å². The number of hydrogen-bond acceptors (Lipinski definition) is 3. The molecule has 4 heteroatoms. The van der Waals surface area contributed by atoms with Gasteiger partial charge in [-0.3, -0.25) is 0 Å². The highest BCUT2D eigenvalue weighted by atomic mass is 16.6. The predicted octanol–water partition coefficient (Wildman–Crippen LogP) is 4.48. The van der Waals surface area contributed by atoms with E-state index >= 15 is 0 Å². The Labute approximate surface area is 141 Å². The maximum atomic E-state index is 12.1. The fraction of sp³-hybridized carbons (Fsp3) is 0.947. The molecule has 1 heterocycles. The lowest BCUT2D eigenvalue weighted by atomic mass is 9.90. The second-order valence-electron chi connectivity index (χ2n) is 8.22. The smallest absolute Gasteiger partial charge is 0.410 e. The van der Waals surface area contributed by atoms with Gasteiger partial charge in [-0.2, -0.15) is 0 Å². The average Bonchev–Trinajstić information content (AvgIpc) is 3.25. The Morgan fingerprint density at radius 3 is 2.48 bits per heavy atom. The monoisotopic (exact) mass is 325 g/mol. The van der Waals surface area contributed by atoms with Crippen LogP contribution in [0.1, 0.15) is 66.2 Å². The van der Waals surface area contributed by atoms with E-state index in [0.717, 1.165) is 56.9 Å². The van der Waals surface area contributed by atoms with Crippen LogP contribution in [0, 0.1) is 17.8 Å². The van der Waals surface area contributed by atoms with Crippen LogP contribution in [0.4, 0.5) is 4.79 Å². The van der Waals surface area contributed by atoms with Crippen LogP contribution in [0.25, 0.3) is 0 Å². The lowest BCUT2D eigenvalue weighted by molar-refractivity contribution is 0.0173. The molecule has 2 atom stereocenters. The molecular formula is C19H35NO3. The molecule has 23 heavy (non-hydrogen) atoms. The number of nitrogens with zero attached hydrogens (tertiary/aromatic N) is 1. The van der Waals surface area contributed by atoms with Crippen LogP contribution >= 0.6 is 0 Å². The minimum atomic E-state index is -0.396. The predicted molar refractivity (Wildman–Crippen MR) is 92.5 cm³/mol. The van der Waals surface area contributed by atoms with Crippen molar-refractivity contribution in [1.29, 1.82) is 0 Å². The Bertz CT molecular complexity index is 369. The Morgan fingerprint density at radius 2 is 1.87 bits per heavy atom. The highest BCUT2D eigenvalue weighted by molar-refractivity contribution is 5.68. The van der Waals surface area contributed by atoms with E-state index in [4.69, 9.17) is 9.47 Å². The fourth-order valence-electron chi connectivity index (χ4n) is 3.60. The van der Waals surface area contributed by atoms with E-state index in [1.165, 1.54) is 25.7 Å². The molecule has 1 saturated carbocycles. The molecule has 0 aromatic rings. The summed E-state index contributed by atoms with van der Waals surface area (Å²) in [6.07, 6.45) is 7.11. The van der Waals surface area contributed by atoms with Gasteiger partial charge in [-0.1, -0.05) is 13.3 Å². The topological polar surface area (TPSA) is 38.8 Å². The summed E-state index contributed by atoms with van der Waals surface area (Å²) in [6, 6.07) is 0. The molecule has 1 amide bonds. The zero-order chi connectivity index (χ0) is 16.9. The van der Waals surface area contributed by atoms with Gasteiger partial charge in [0.05, 0.1) is 0 Å². The van der Waals surface area contributed by atoms with Crippen LogP contribution < -0.4 is 0 Å². The molecule has 0 N–H and O–H groups in total. The third-order valence-electron chi connectivity index (χ3n) is 5.05. The summed E-state index contributed by atoms with van der Waals surface area (Å²) in [5.74, 6) is 2.55. The van der Waals surface area contributed by atoms with Crippen LogP contribution in [0.5, 0.6) is 0 Å². The minimum absolute atomic E-state index is 0.146. The van der Waals surface area contributed by atoms with Gasteiger partial charge in [0, 0.05) is 26.3 Å². The summed E-state index contributed by atoms with van der Waals surface area (Å²) >= 11 is 0. The highest BCUT2D eigenvalue weighted by Gasteiger charge is 2.43. The van der Waals surface area contributed by atoms with E-state index < -0.39 is 5.60 Å². The molecule has 0 bridgehead atoms. The molecule has 1 saturated heterocycles. The van der Waals surface area contributed by atoms with Crippen molar-refractivity contribution in [3.05, 3.63) is 0 Å². The van der Waals surface area contributed by atoms with Crippen LogP contribution in [-0.4, -0.2) is 42.9 Å².